The van der Waals surface area contributed by atoms with Crippen LogP contribution in [0, 0.1) is 0 Å². The molecular weight excluding hydrogens is 362 g/mol. The van der Waals surface area contributed by atoms with Crippen molar-refractivity contribution in [1.29, 1.82) is 0 Å². The van der Waals surface area contributed by atoms with E-state index >= 15 is 0 Å². The zero-order valence-corrected chi connectivity index (χ0v) is 15.1. The van der Waals surface area contributed by atoms with Crippen LogP contribution in [-0.4, -0.2) is 28.7 Å². The topological polar surface area (TPSA) is 62.9 Å². The van der Waals surface area contributed by atoms with Crippen LogP contribution in [0.15, 0.2) is 45.3 Å². The summed E-state index contributed by atoms with van der Waals surface area (Å²) >= 11 is 3.51. The van der Waals surface area contributed by atoms with Crippen molar-refractivity contribution in [3.8, 4) is 5.95 Å². The summed E-state index contributed by atoms with van der Waals surface area (Å²) in [6.45, 7) is 5.56. The van der Waals surface area contributed by atoms with Crippen molar-refractivity contribution < 1.29 is 19.1 Å². The van der Waals surface area contributed by atoms with E-state index in [1.54, 1.807) is 12.1 Å². The van der Waals surface area contributed by atoms with E-state index in [9.17, 15) is 9.90 Å². The number of methoxy groups -OCH3 is 1. The van der Waals surface area contributed by atoms with Gasteiger partial charge in [-0.25, -0.2) is 4.79 Å². The zero-order valence-electron chi connectivity index (χ0n) is 13.5. The smallest absolute Gasteiger partial charge is 0.408 e. The number of benzene rings is 1. The van der Waals surface area contributed by atoms with Gasteiger partial charge in [0.1, 0.15) is 11.8 Å². The fraction of sp³-hybridized carbons (Fsp3) is 0.353. The molecule has 1 heterocycles. The number of carboxylic acid groups (broad SMARTS) is 1. The third kappa shape index (κ3) is 3.69. The van der Waals surface area contributed by atoms with Crippen LogP contribution in [0.2, 0.25) is 0 Å². The van der Waals surface area contributed by atoms with Gasteiger partial charge in [0.05, 0.1) is 7.11 Å². The first-order valence-electron chi connectivity index (χ1n) is 7.16. The van der Waals surface area contributed by atoms with Gasteiger partial charge in [0.2, 0.25) is 0 Å². The lowest BCUT2D eigenvalue weighted by atomic mass is 9.96. The van der Waals surface area contributed by atoms with E-state index in [0.29, 0.717) is 11.7 Å². The third-order valence-corrected chi connectivity index (χ3v) is 4.18. The van der Waals surface area contributed by atoms with Gasteiger partial charge in [-0.05, 0) is 38.5 Å². The molecule has 0 spiro atoms. The van der Waals surface area contributed by atoms with Crippen LogP contribution in [-0.2, 0) is 0 Å². The summed E-state index contributed by atoms with van der Waals surface area (Å²) in [6.07, 6.45) is -1.02. The second-order valence-electron chi connectivity index (χ2n) is 6.11. The number of ether oxygens (including phenoxy) is 1. The van der Waals surface area contributed by atoms with Crippen molar-refractivity contribution in [2.24, 2.45) is 0 Å². The number of hydrogen-bond acceptors (Lipinski definition) is 3. The Kier molecular flexibility index (Phi) is 5.04. The lowest BCUT2D eigenvalue weighted by Gasteiger charge is -2.39. The maximum atomic E-state index is 12.0. The number of halogens is 1. The maximum absolute atomic E-state index is 12.0. The molecule has 0 saturated carbocycles. The van der Waals surface area contributed by atoms with E-state index in [-0.39, 0.29) is 0 Å². The number of amides is 1. The van der Waals surface area contributed by atoms with Crippen LogP contribution in [0.3, 0.4) is 0 Å². The Hall–Kier alpha value is -1.95. The summed E-state index contributed by atoms with van der Waals surface area (Å²) < 4.78 is 11.6. The fourth-order valence-electron chi connectivity index (χ4n) is 2.49. The number of hydrogen-bond donors (Lipinski definition) is 1. The molecule has 0 aliphatic rings. The Balaban J connectivity index is 2.64. The van der Waals surface area contributed by atoms with Gasteiger partial charge in [0, 0.05) is 16.1 Å². The SMILES string of the molecule is COc1ccc(C(c2ccccc2Br)N(C(=O)O)C(C)(C)C)o1. The Morgan fingerprint density at radius 2 is 1.91 bits per heavy atom. The molecule has 0 bridgehead atoms. The Labute approximate surface area is 144 Å². The van der Waals surface area contributed by atoms with Crippen molar-refractivity contribution in [3.05, 3.63) is 52.2 Å². The fourth-order valence-corrected chi connectivity index (χ4v) is 2.99. The molecule has 0 radical (unpaired) electrons. The Morgan fingerprint density at radius 3 is 2.39 bits per heavy atom. The molecule has 0 aliphatic carbocycles. The molecule has 1 N–H and O–H groups in total. The van der Waals surface area contributed by atoms with Crippen molar-refractivity contribution in [2.45, 2.75) is 32.4 Å². The van der Waals surface area contributed by atoms with Crippen LogP contribution in [0.4, 0.5) is 4.79 Å². The molecule has 1 amide bonds. The standard InChI is InChI=1S/C17H20BrNO4/c1-17(2,3)19(16(20)21)15(11-7-5-6-8-12(11)18)13-9-10-14(22-4)23-13/h5-10,15H,1-4H3,(H,20,21). The van der Waals surface area contributed by atoms with Gasteiger partial charge in [0.15, 0.2) is 0 Å². The summed E-state index contributed by atoms with van der Waals surface area (Å²) in [5.74, 6) is 0.849. The second kappa shape index (κ2) is 6.66. The van der Waals surface area contributed by atoms with Crippen LogP contribution in [0.5, 0.6) is 5.95 Å². The van der Waals surface area contributed by atoms with E-state index in [1.165, 1.54) is 12.0 Å². The molecule has 5 nitrogen and oxygen atoms in total. The zero-order chi connectivity index (χ0) is 17.2. The summed E-state index contributed by atoms with van der Waals surface area (Å²) in [5.41, 5.74) is 0.188. The van der Waals surface area contributed by atoms with Gasteiger partial charge < -0.3 is 14.3 Å². The normalized spacial score (nSPS) is 12.7. The van der Waals surface area contributed by atoms with Gasteiger partial charge in [0.25, 0.3) is 5.95 Å². The van der Waals surface area contributed by atoms with Crippen LogP contribution < -0.4 is 4.74 Å². The van der Waals surface area contributed by atoms with E-state index < -0.39 is 17.7 Å². The van der Waals surface area contributed by atoms with Gasteiger partial charge in [-0.2, -0.15) is 0 Å². The molecule has 6 heteroatoms. The third-order valence-electron chi connectivity index (χ3n) is 3.46. The first-order chi connectivity index (χ1) is 10.8. The number of rotatable bonds is 4. The van der Waals surface area contributed by atoms with Gasteiger partial charge in [-0.1, -0.05) is 34.1 Å². The highest BCUT2D eigenvalue weighted by Crippen LogP contribution is 2.39. The average Bonchev–Trinajstić information content (AvgIpc) is 2.92. The molecule has 0 saturated heterocycles. The molecule has 2 rings (SSSR count). The van der Waals surface area contributed by atoms with Crippen LogP contribution >= 0.6 is 15.9 Å². The lowest BCUT2D eigenvalue weighted by Crippen LogP contribution is -2.47. The molecule has 1 aromatic carbocycles. The van der Waals surface area contributed by atoms with Gasteiger partial charge in [-0.15, -0.1) is 0 Å². The highest BCUT2D eigenvalue weighted by Gasteiger charge is 2.37. The number of nitrogens with zero attached hydrogens (tertiary/aromatic N) is 1. The molecule has 2 aromatic rings. The first-order valence-corrected chi connectivity index (χ1v) is 7.95. The first kappa shape index (κ1) is 17.4. The van der Waals surface area contributed by atoms with Crippen molar-refractivity contribution in [1.82, 2.24) is 4.90 Å². The number of furan rings is 1. The molecule has 1 unspecified atom stereocenters. The Morgan fingerprint density at radius 1 is 1.26 bits per heavy atom. The quantitative estimate of drug-likeness (QED) is 0.816. The minimum absolute atomic E-state index is 0.344. The van der Waals surface area contributed by atoms with Crippen molar-refractivity contribution in [2.75, 3.05) is 7.11 Å². The maximum Gasteiger partial charge on any atom is 0.408 e. The molecular formula is C17H20BrNO4. The van der Waals surface area contributed by atoms with E-state index in [1.807, 2.05) is 45.0 Å². The van der Waals surface area contributed by atoms with E-state index in [4.69, 9.17) is 9.15 Å². The van der Waals surface area contributed by atoms with Crippen molar-refractivity contribution in [3.63, 3.8) is 0 Å². The summed E-state index contributed by atoms with van der Waals surface area (Å²) in [7, 11) is 1.51. The lowest BCUT2D eigenvalue weighted by molar-refractivity contribution is 0.0732. The van der Waals surface area contributed by atoms with Gasteiger partial charge in [-0.3, -0.25) is 4.90 Å². The molecule has 124 valence electrons. The summed E-state index contributed by atoms with van der Waals surface area (Å²) in [6, 6.07) is 10.3. The molecule has 1 aromatic heterocycles. The largest absolute Gasteiger partial charge is 0.468 e. The minimum Gasteiger partial charge on any atom is -0.468 e. The summed E-state index contributed by atoms with van der Waals surface area (Å²) in [5, 5.41) is 9.79. The van der Waals surface area contributed by atoms with E-state index in [0.717, 1.165) is 10.0 Å². The Bertz CT molecular complexity index is 690. The van der Waals surface area contributed by atoms with Crippen LogP contribution in [0.1, 0.15) is 38.1 Å². The predicted molar refractivity (Wildman–Crippen MR) is 90.9 cm³/mol. The monoisotopic (exact) mass is 381 g/mol. The van der Waals surface area contributed by atoms with Gasteiger partial charge >= 0.3 is 6.09 Å². The molecule has 0 fully saturated rings. The summed E-state index contributed by atoms with van der Waals surface area (Å²) in [4.78, 5) is 13.3. The van der Waals surface area contributed by atoms with E-state index in [2.05, 4.69) is 15.9 Å². The van der Waals surface area contributed by atoms with Crippen LogP contribution in [0.25, 0.3) is 0 Å². The molecule has 1 atom stereocenters. The van der Waals surface area contributed by atoms with Crippen molar-refractivity contribution >= 4 is 22.0 Å². The second-order valence-corrected chi connectivity index (χ2v) is 6.96. The predicted octanol–water partition coefficient (Wildman–Crippen LogP) is 4.92. The molecule has 23 heavy (non-hydrogen) atoms. The highest BCUT2D eigenvalue weighted by molar-refractivity contribution is 9.10. The minimum atomic E-state index is -1.02. The number of carbonyl (C=O) groups is 1. The highest BCUT2D eigenvalue weighted by atomic mass is 79.9. The average molecular weight is 382 g/mol. The molecule has 0 aliphatic heterocycles.